The molecule has 0 aliphatic carbocycles. The van der Waals surface area contributed by atoms with E-state index < -0.39 is 32.3 Å². The molecule has 1 saturated heterocycles. The number of hydrogen-bond donors (Lipinski definition) is 0. The molecule has 2 heterocycles. The maximum absolute atomic E-state index is 14.0. The van der Waals surface area contributed by atoms with Gasteiger partial charge in [0.2, 0.25) is 5.91 Å². The highest BCUT2D eigenvalue weighted by atomic mass is 35.5. The Morgan fingerprint density at radius 1 is 0.938 bits per heavy atom. The van der Waals surface area contributed by atoms with Crippen LogP contribution in [0.3, 0.4) is 0 Å². The monoisotopic (exact) mass is 466 g/mol. The van der Waals surface area contributed by atoms with Crippen LogP contribution >= 0.6 is 11.6 Å². The van der Waals surface area contributed by atoms with Crippen LogP contribution in [0.1, 0.15) is 16.7 Å². The summed E-state index contributed by atoms with van der Waals surface area (Å²) in [6.07, 6.45) is 0. The predicted octanol–water partition coefficient (Wildman–Crippen LogP) is 3.81. The number of sulfone groups is 1. The third-order valence-electron chi connectivity index (χ3n) is 6.00. The molecule has 6 nitrogen and oxygen atoms in total. The molecule has 1 fully saturated rings. The van der Waals surface area contributed by atoms with Gasteiger partial charge < -0.3 is 4.90 Å². The zero-order chi connectivity index (χ0) is 22.7. The number of nitrogens with zero attached hydrogens (tertiary/aromatic N) is 2. The van der Waals surface area contributed by atoms with Gasteiger partial charge in [-0.1, -0.05) is 65.7 Å². The number of anilines is 2. The summed E-state index contributed by atoms with van der Waals surface area (Å²) in [7, 11) is -4.19. The van der Waals surface area contributed by atoms with Crippen LogP contribution in [0.5, 0.6) is 0 Å². The highest BCUT2D eigenvalue weighted by Gasteiger charge is 2.69. The van der Waals surface area contributed by atoms with Crippen molar-refractivity contribution in [3.05, 3.63) is 94.5 Å². The van der Waals surface area contributed by atoms with E-state index in [9.17, 15) is 18.0 Å². The summed E-state index contributed by atoms with van der Waals surface area (Å²) in [5, 5.41) is 0.472. The summed E-state index contributed by atoms with van der Waals surface area (Å²) < 4.78 is 27.1. The number of aryl methyl sites for hydroxylation is 1. The molecule has 162 valence electrons. The second-order valence-corrected chi connectivity index (χ2v) is 10.5. The van der Waals surface area contributed by atoms with E-state index in [0.29, 0.717) is 22.0 Å². The van der Waals surface area contributed by atoms with Crippen molar-refractivity contribution in [2.45, 2.75) is 18.3 Å². The number of hydrogen-bond acceptors (Lipinski definition) is 4. The van der Waals surface area contributed by atoms with E-state index in [1.54, 1.807) is 72.8 Å². The standard InChI is InChI=1S/C24H19ClN2O4S/c1-16-10-12-18(13-11-16)27-22(28)15-32(30,31)24(27)19-7-3-5-9-21(19)26(23(24)29)14-17-6-2-4-8-20(17)25/h2-13H,14-15H2,1H3/t24-/m1/s1. The molecule has 2 aliphatic heterocycles. The summed E-state index contributed by atoms with van der Waals surface area (Å²) in [6.45, 7) is 1.98. The van der Waals surface area contributed by atoms with Crippen molar-refractivity contribution in [1.29, 1.82) is 0 Å². The molecule has 3 aromatic carbocycles. The molecular formula is C24H19ClN2O4S. The van der Waals surface area contributed by atoms with E-state index in [2.05, 4.69) is 0 Å². The topological polar surface area (TPSA) is 74.8 Å². The maximum atomic E-state index is 14.0. The molecule has 0 saturated carbocycles. The highest BCUT2D eigenvalue weighted by Crippen LogP contribution is 2.52. The van der Waals surface area contributed by atoms with Gasteiger partial charge >= 0.3 is 0 Å². The molecule has 3 aromatic rings. The highest BCUT2D eigenvalue weighted by molar-refractivity contribution is 7.94. The van der Waals surface area contributed by atoms with Crippen molar-refractivity contribution < 1.29 is 18.0 Å². The van der Waals surface area contributed by atoms with Crippen LogP contribution < -0.4 is 9.80 Å². The van der Waals surface area contributed by atoms with Gasteiger partial charge in [-0.05, 0) is 36.8 Å². The normalized spacial score (nSPS) is 21.4. The first-order chi connectivity index (χ1) is 15.3. The molecule has 0 aromatic heterocycles. The van der Waals surface area contributed by atoms with E-state index in [-0.39, 0.29) is 12.1 Å². The average molecular weight is 467 g/mol. The molecule has 8 heteroatoms. The third-order valence-corrected chi connectivity index (χ3v) is 8.47. The molecule has 5 rings (SSSR count). The molecule has 0 bridgehead atoms. The van der Waals surface area contributed by atoms with Crippen LogP contribution in [0.15, 0.2) is 72.8 Å². The molecule has 32 heavy (non-hydrogen) atoms. The number of carbonyl (C=O) groups is 2. The third kappa shape index (κ3) is 2.74. The van der Waals surface area contributed by atoms with Crippen molar-refractivity contribution in [3.8, 4) is 0 Å². The van der Waals surface area contributed by atoms with Gasteiger partial charge in [-0.15, -0.1) is 0 Å². The fraction of sp³-hybridized carbons (Fsp3) is 0.167. The van der Waals surface area contributed by atoms with E-state index in [1.807, 2.05) is 6.92 Å². The maximum Gasteiger partial charge on any atom is 0.274 e. The van der Waals surface area contributed by atoms with E-state index in [0.717, 1.165) is 10.5 Å². The molecular weight excluding hydrogens is 448 g/mol. The number of fused-ring (bicyclic) bond motifs is 2. The van der Waals surface area contributed by atoms with Crippen molar-refractivity contribution >= 4 is 44.6 Å². The fourth-order valence-corrected chi connectivity index (χ4v) is 6.77. The van der Waals surface area contributed by atoms with Gasteiger partial charge in [0.25, 0.3) is 10.8 Å². The first kappa shape index (κ1) is 20.7. The lowest BCUT2D eigenvalue weighted by atomic mass is 10.0. The Bertz CT molecular complexity index is 1370. The number of benzene rings is 3. The molecule has 1 atom stereocenters. The van der Waals surface area contributed by atoms with Gasteiger partial charge in [0.1, 0.15) is 5.75 Å². The Hall–Kier alpha value is -3.16. The molecule has 2 amide bonds. The number of para-hydroxylation sites is 1. The van der Waals surface area contributed by atoms with Crippen LogP contribution in [-0.2, 0) is 30.8 Å². The molecule has 2 aliphatic rings. The minimum atomic E-state index is -4.19. The van der Waals surface area contributed by atoms with Crippen LogP contribution in [-0.4, -0.2) is 26.0 Å². The molecule has 0 N–H and O–H groups in total. The van der Waals surface area contributed by atoms with Crippen molar-refractivity contribution in [1.82, 2.24) is 0 Å². The first-order valence-corrected chi connectivity index (χ1v) is 12.1. The Balaban J connectivity index is 1.74. The van der Waals surface area contributed by atoms with Gasteiger partial charge in [-0.3, -0.25) is 14.5 Å². The van der Waals surface area contributed by atoms with Crippen molar-refractivity contribution in [3.63, 3.8) is 0 Å². The zero-order valence-electron chi connectivity index (χ0n) is 17.2. The Kier molecular flexibility index (Phi) is 4.65. The quantitative estimate of drug-likeness (QED) is 0.588. The van der Waals surface area contributed by atoms with Gasteiger partial charge in [-0.25, -0.2) is 8.42 Å². The summed E-state index contributed by atoms with van der Waals surface area (Å²) in [4.78, 5) is 27.5. The van der Waals surface area contributed by atoms with Crippen molar-refractivity contribution in [2.24, 2.45) is 0 Å². The summed E-state index contributed by atoms with van der Waals surface area (Å²) >= 11 is 6.33. The lowest BCUT2D eigenvalue weighted by Gasteiger charge is -2.32. The lowest BCUT2D eigenvalue weighted by Crippen LogP contribution is -2.54. The van der Waals surface area contributed by atoms with Crippen LogP contribution in [0, 0.1) is 6.92 Å². The van der Waals surface area contributed by atoms with Gasteiger partial charge in [0, 0.05) is 16.3 Å². The Morgan fingerprint density at radius 3 is 2.31 bits per heavy atom. The molecule has 1 spiro atoms. The Morgan fingerprint density at radius 2 is 1.59 bits per heavy atom. The predicted molar refractivity (Wildman–Crippen MR) is 123 cm³/mol. The number of rotatable bonds is 3. The smallest absolute Gasteiger partial charge is 0.274 e. The summed E-state index contributed by atoms with van der Waals surface area (Å²) in [5.74, 6) is -2.04. The average Bonchev–Trinajstić information content (AvgIpc) is 3.13. The first-order valence-electron chi connectivity index (χ1n) is 10.0. The number of halogens is 1. The van der Waals surface area contributed by atoms with Gasteiger partial charge in [0.15, 0.2) is 9.84 Å². The van der Waals surface area contributed by atoms with Crippen LogP contribution in [0.25, 0.3) is 0 Å². The SMILES string of the molecule is Cc1ccc(N2C(=O)CS(=O)(=O)[C@]23C(=O)N(Cc2ccccc2Cl)c2ccccc23)cc1. The van der Waals surface area contributed by atoms with Crippen LogP contribution in [0.4, 0.5) is 11.4 Å². The zero-order valence-corrected chi connectivity index (χ0v) is 18.7. The number of amides is 2. The molecule has 0 unspecified atom stereocenters. The van der Waals surface area contributed by atoms with E-state index in [1.165, 1.54) is 4.90 Å². The lowest BCUT2D eigenvalue weighted by molar-refractivity contribution is -0.123. The van der Waals surface area contributed by atoms with E-state index in [4.69, 9.17) is 11.6 Å². The second-order valence-electron chi connectivity index (χ2n) is 7.97. The minimum absolute atomic E-state index is 0.0860. The number of carbonyl (C=O) groups excluding carboxylic acids is 2. The Labute approximate surface area is 190 Å². The second kappa shape index (κ2) is 7.18. The van der Waals surface area contributed by atoms with Gasteiger partial charge in [-0.2, -0.15) is 0 Å². The molecule has 0 radical (unpaired) electrons. The minimum Gasteiger partial charge on any atom is -0.304 e. The van der Waals surface area contributed by atoms with Crippen molar-refractivity contribution in [2.75, 3.05) is 15.6 Å². The summed E-state index contributed by atoms with van der Waals surface area (Å²) in [6, 6.07) is 20.7. The van der Waals surface area contributed by atoms with Crippen LogP contribution in [0.2, 0.25) is 5.02 Å². The van der Waals surface area contributed by atoms with Gasteiger partial charge in [0.05, 0.1) is 12.2 Å². The van der Waals surface area contributed by atoms with E-state index >= 15 is 0 Å². The summed E-state index contributed by atoms with van der Waals surface area (Å²) in [5.41, 5.74) is 2.73. The largest absolute Gasteiger partial charge is 0.304 e. The fourth-order valence-electron chi connectivity index (χ4n) is 4.54.